The molecule has 98 valence electrons. The molecule has 0 atom stereocenters. The van der Waals surface area contributed by atoms with E-state index < -0.39 is 9.84 Å². The van der Waals surface area contributed by atoms with Crippen molar-refractivity contribution in [1.29, 1.82) is 5.26 Å². The highest BCUT2D eigenvalue weighted by molar-refractivity contribution is 7.90. The maximum absolute atomic E-state index is 11.2. The van der Waals surface area contributed by atoms with Gasteiger partial charge >= 0.3 is 0 Å². The minimum Gasteiger partial charge on any atom is -0.379 e. The molecule has 1 N–H and O–H groups in total. The molecular formula is C12H11N3O2S2. The summed E-state index contributed by atoms with van der Waals surface area (Å²) < 4.78 is 22.5. The summed E-state index contributed by atoms with van der Waals surface area (Å²) >= 11 is 1.50. The van der Waals surface area contributed by atoms with Gasteiger partial charge in [-0.15, -0.1) is 11.3 Å². The Morgan fingerprint density at radius 3 is 2.79 bits per heavy atom. The number of nitrogens with zero attached hydrogens (tertiary/aromatic N) is 2. The minimum absolute atomic E-state index is 0.0564. The molecule has 0 saturated carbocycles. The molecule has 5 nitrogen and oxygen atoms in total. The van der Waals surface area contributed by atoms with Crippen molar-refractivity contribution in [3.8, 4) is 6.07 Å². The van der Waals surface area contributed by atoms with Crippen LogP contribution in [0.5, 0.6) is 0 Å². The zero-order valence-electron chi connectivity index (χ0n) is 10.1. The lowest BCUT2D eigenvalue weighted by atomic mass is 10.3. The van der Waals surface area contributed by atoms with Gasteiger partial charge < -0.3 is 5.32 Å². The number of sulfone groups is 1. The molecule has 7 heteroatoms. The van der Waals surface area contributed by atoms with Gasteiger partial charge in [0.1, 0.15) is 6.07 Å². The first-order valence-corrected chi connectivity index (χ1v) is 8.13. The van der Waals surface area contributed by atoms with E-state index in [0.717, 1.165) is 16.8 Å². The lowest BCUT2D eigenvalue weighted by Gasteiger charge is -2.04. The first-order valence-electron chi connectivity index (χ1n) is 5.36. The van der Waals surface area contributed by atoms with Crippen molar-refractivity contribution < 1.29 is 8.42 Å². The fourth-order valence-electron chi connectivity index (χ4n) is 1.43. The molecular weight excluding hydrogens is 282 g/mol. The third-order valence-electron chi connectivity index (χ3n) is 2.37. The Hall–Kier alpha value is -1.91. The highest BCUT2D eigenvalue weighted by Gasteiger charge is 2.07. The lowest BCUT2D eigenvalue weighted by molar-refractivity contribution is 0.598. The van der Waals surface area contributed by atoms with Gasteiger partial charge in [0.25, 0.3) is 0 Å². The van der Waals surface area contributed by atoms with Crippen LogP contribution in [0.15, 0.2) is 34.8 Å². The van der Waals surface area contributed by atoms with E-state index in [0.29, 0.717) is 12.1 Å². The van der Waals surface area contributed by atoms with Crippen LogP contribution < -0.4 is 5.32 Å². The molecule has 19 heavy (non-hydrogen) atoms. The van der Waals surface area contributed by atoms with Gasteiger partial charge in [0.2, 0.25) is 0 Å². The second-order valence-electron chi connectivity index (χ2n) is 3.92. The van der Waals surface area contributed by atoms with Crippen LogP contribution in [0.4, 0.5) is 5.69 Å². The number of hydrogen-bond acceptors (Lipinski definition) is 6. The predicted octanol–water partition coefficient (Wildman–Crippen LogP) is 2.03. The number of rotatable bonds is 4. The van der Waals surface area contributed by atoms with Gasteiger partial charge in [-0.1, -0.05) is 0 Å². The van der Waals surface area contributed by atoms with Crippen LogP contribution in [-0.2, 0) is 16.4 Å². The molecule has 0 saturated heterocycles. The van der Waals surface area contributed by atoms with Crippen LogP contribution in [0, 0.1) is 11.3 Å². The van der Waals surface area contributed by atoms with Gasteiger partial charge in [-0.2, -0.15) is 5.26 Å². The predicted molar refractivity (Wildman–Crippen MR) is 73.7 cm³/mol. The van der Waals surface area contributed by atoms with E-state index in [1.165, 1.54) is 23.6 Å². The molecule has 0 aliphatic heterocycles. The van der Waals surface area contributed by atoms with E-state index in [9.17, 15) is 8.42 Å². The first kappa shape index (κ1) is 13.5. The summed E-state index contributed by atoms with van der Waals surface area (Å²) in [6.07, 6.45) is 2.60. The number of pyridine rings is 1. The Balaban J connectivity index is 2.03. The highest BCUT2D eigenvalue weighted by Crippen LogP contribution is 2.16. The molecule has 0 amide bonds. The van der Waals surface area contributed by atoms with Crippen molar-refractivity contribution in [2.75, 3.05) is 11.6 Å². The highest BCUT2D eigenvalue weighted by atomic mass is 32.2. The second-order valence-corrected chi connectivity index (χ2v) is 6.88. The fraction of sp³-hybridized carbons (Fsp3) is 0.167. The molecule has 2 heterocycles. The van der Waals surface area contributed by atoms with E-state index in [2.05, 4.69) is 16.4 Å². The molecule has 2 aromatic rings. The van der Waals surface area contributed by atoms with Crippen molar-refractivity contribution in [2.45, 2.75) is 11.6 Å². The molecule has 0 bridgehead atoms. The molecule has 0 aliphatic rings. The van der Waals surface area contributed by atoms with Crippen molar-refractivity contribution in [3.63, 3.8) is 0 Å². The molecule has 0 aromatic carbocycles. The molecule has 2 rings (SSSR count). The Bertz CT molecular complexity index is 712. The second kappa shape index (κ2) is 5.38. The smallest absolute Gasteiger partial charge is 0.192 e. The summed E-state index contributed by atoms with van der Waals surface area (Å²) in [6, 6.07) is 7.02. The Labute approximate surface area is 115 Å². The van der Waals surface area contributed by atoms with Crippen LogP contribution in [0.2, 0.25) is 0 Å². The lowest BCUT2D eigenvalue weighted by Crippen LogP contribution is -2.02. The van der Waals surface area contributed by atoms with Gasteiger partial charge in [0.05, 0.1) is 17.4 Å². The number of anilines is 1. The van der Waals surface area contributed by atoms with Crippen molar-refractivity contribution in [3.05, 3.63) is 40.2 Å². The number of nitriles is 1. The minimum atomic E-state index is -3.26. The Morgan fingerprint density at radius 2 is 2.26 bits per heavy atom. The zero-order chi connectivity index (χ0) is 13.9. The van der Waals surface area contributed by atoms with Gasteiger partial charge in [-0.3, -0.25) is 0 Å². The normalized spacial score (nSPS) is 10.9. The van der Waals surface area contributed by atoms with Gasteiger partial charge in [0, 0.05) is 23.1 Å². The third kappa shape index (κ3) is 3.53. The third-order valence-corrected chi connectivity index (χ3v) is 4.30. The quantitative estimate of drug-likeness (QED) is 0.932. The van der Waals surface area contributed by atoms with Crippen LogP contribution in [0.25, 0.3) is 0 Å². The number of thiophene rings is 1. The van der Waals surface area contributed by atoms with Crippen molar-refractivity contribution >= 4 is 26.9 Å². The number of hydrogen-bond donors (Lipinski definition) is 1. The zero-order valence-corrected chi connectivity index (χ0v) is 11.8. The standard InChI is InChI=1S/C12H11N3O2S2/c1-19(16,17)12-3-2-10(6-15-12)14-7-11-4-9(5-13)8-18-11/h2-4,6,8,14H,7H2,1H3. The number of nitrogens with one attached hydrogen (secondary N) is 1. The summed E-state index contributed by atoms with van der Waals surface area (Å²) in [5.74, 6) is 0. The van der Waals surface area contributed by atoms with Crippen LogP contribution in [-0.4, -0.2) is 19.7 Å². The summed E-state index contributed by atoms with van der Waals surface area (Å²) in [6.45, 7) is 0.576. The van der Waals surface area contributed by atoms with E-state index >= 15 is 0 Å². The van der Waals surface area contributed by atoms with E-state index in [-0.39, 0.29) is 5.03 Å². The average Bonchev–Trinajstić information content (AvgIpc) is 2.84. The summed E-state index contributed by atoms with van der Waals surface area (Å²) in [4.78, 5) is 4.92. The molecule has 0 fully saturated rings. The van der Waals surface area contributed by atoms with Crippen LogP contribution in [0.1, 0.15) is 10.4 Å². The Kier molecular flexibility index (Phi) is 3.83. The van der Waals surface area contributed by atoms with Crippen LogP contribution >= 0.6 is 11.3 Å². The van der Waals surface area contributed by atoms with E-state index in [4.69, 9.17) is 5.26 Å². The summed E-state index contributed by atoms with van der Waals surface area (Å²) in [7, 11) is -3.26. The molecule has 0 radical (unpaired) electrons. The first-order chi connectivity index (χ1) is 8.99. The van der Waals surface area contributed by atoms with E-state index in [1.54, 1.807) is 11.4 Å². The summed E-state index contributed by atoms with van der Waals surface area (Å²) in [5.41, 5.74) is 1.38. The fourth-order valence-corrected chi connectivity index (χ4v) is 2.73. The van der Waals surface area contributed by atoms with Gasteiger partial charge in [-0.25, -0.2) is 13.4 Å². The Morgan fingerprint density at radius 1 is 1.47 bits per heavy atom. The topological polar surface area (TPSA) is 82.9 Å². The molecule has 0 spiro atoms. The maximum Gasteiger partial charge on any atom is 0.192 e. The van der Waals surface area contributed by atoms with Gasteiger partial charge in [-0.05, 0) is 18.2 Å². The molecule has 0 aliphatic carbocycles. The summed E-state index contributed by atoms with van der Waals surface area (Å²) in [5, 5.41) is 13.7. The van der Waals surface area contributed by atoms with Gasteiger partial charge in [0.15, 0.2) is 14.9 Å². The SMILES string of the molecule is CS(=O)(=O)c1ccc(NCc2cc(C#N)cs2)cn1. The van der Waals surface area contributed by atoms with E-state index in [1.807, 2.05) is 6.07 Å². The van der Waals surface area contributed by atoms with Crippen molar-refractivity contribution in [1.82, 2.24) is 4.98 Å². The van der Waals surface area contributed by atoms with Crippen molar-refractivity contribution in [2.24, 2.45) is 0 Å². The molecule has 0 unspecified atom stereocenters. The largest absolute Gasteiger partial charge is 0.379 e. The average molecular weight is 293 g/mol. The monoisotopic (exact) mass is 293 g/mol. The maximum atomic E-state index is 11.2. The molecule has 2 aromatic heterocycles. The number of aromatic nitrogens is 1. The van der Waals surface area contributed by atoms with Crippen LogP contribution in [0.3, 0.4) is 0 Å².